The first-order valence-corrected chi connectivity index (χ1v) is 12.2. The van der Waals surface area contributed by atoms with E-state index in [0.717, 1.165) is 17.3 Å². The number of nitro benzene ring substituents is 1. The molecule has 1 atom stereocenters. The fourth-order valence-electron chi connectivity index (χ4n) is 3.89. The molecule has 1 amide bonds. The number of aromatic nitrogens is 1. The Morgan fingerprint density at radius 2 is 1.58 bits per heavy atom. The summed E-state index contributed by atoms with van der Waals surface area (Å²) in [6.45, 7) is 0.291. The molecule has 3 N–H and O–H groups in total. The number of pyridine rings is 1. The summed E-state index contributed by atoms with van der Waals surface area (Å²) in [5.41, 5.74) is 7.24. The van der Waals surface area contributed by atoms with Crippen LogP contribution in [0.5, 0.6) is 0 Å². The van der Waals surface area contributed by atoms with Gasteiger partial charge in [0.25, 0.3) is 5.69 Å². The van der Waals surface area contributed by atoms with E-state index in [2.05, 4.69) is 10.3 Å². The molecule has 186 valence electrons. The molecular weight excluding hydrogens is 500 g/mol. The van der Waals surface area contributed by atoms with E-state index in [1.165, 1.54) is 18.2 Å². The molecule has 0 radical (unpaired) electrons. The molecule has 0 saturated carbocycles. The number of hydrogen-bond donors (Lipinski definition) is 2. The van der Waals surface area contributed by atoms with Crippen LogP contribution >= 0.6 is 11.8 Å². The zero-order valence-corrected chi connectivity index (χ0v) is 20.7. The topological polar surface area (TPSA) is 159 Å². The number of anilines is 1. The van der Waals surface area contributed by atoms with Crippen LogP contribution in [0.3, 0.4) is 0 Å². The number of amides is 1. The quantitative estimate of drug-likeness (QED) is 0.184. The largest absolute Gasteiger partial charge is 0.383 e. The molecule has 3 aromatic carbocycles. The predicted octanol–water partition coefficient (Wildman–Crippen LogP) is 5.13. The van der Waals surface area contributed by atoms with E-state index >= 15 is 0 Å². The Morgan fingerprint density at radius 1 is 0.974 bits per heavy atom. The van der Waals surface area contributed by atoms with Crippen molar-refractivity contribution in [1.29, 1.82) is 10.5 Å². The first kappa shape index (κ1) is 25.9. The molecule has 0 saturated heterocycles. The van der Waals surface area contributed by atoms with Crippen molar-refractivity contribution in [3.8, 4) is 23.3 Å². The molecule has 0 bridgehead atoms. The Hall–Kier alpha value is -5.19. The van der Waals surface area contributed by atoms with Gasteiger partial charge in [-0.05, 0) is 17.2 Å². The minimum atomic E-state index is -0.828. The number of nitrogen functional groups attached to an aromatic ring is 1. The van der Waals surface area contributed by atoms with Gasteiger partial charge in [0.05, 0.1) is 16.1 Å². The molecule has 9 nitrogen and oxygen atoms in total. The number of para-hydroxylation sites is 1. The van der Waals surface area contributed by atoms with Gasteiger partial charge in [0.15, 0.2) is 0 Å². The van der Waals surface area contributed by atoms with Crippen LogP contribution in [0.2, 0.25) is 0 Å². The van der Waals surface area contributed by atoms with E-state index in [0.29, 0.717) is 12.1 Å². The molecule has 0 aliphatic heterocycles. The van der Waals surface area contributed by atoms with Gasteiger partial charge in [-0.2, -0.15) is 10.5 Å². The van der Waals surface area contributed by atoms with Gasteiger partial charge >= 0.3 is 0 Å². The van der Waals surface area contributed by atoms with Crippen LogP contribution in [0.15, 0.2) is 90.0 Å². The molecule has 10 heteroatoms. The summed E-state index contributed by atoms with van der Waals surface area (Å²) in [5.74, 6) is -0.524. The molecule has 1 heterocycles. The van der Waals surface area contributed by atoms with E-state index in [1.807, 2.05) is 48.5 Å². The number of nitro groups is 1. The minimum absolute atomic E-state index is 0.00815. The Balaban J connectivity index is 1.82. The van der Waals surface area contributed by atoms with Gasteiger partial charge < -0.3 is 11.1 Å². The van der Waals surface area contributed by atoms with Gasteiger partial charge in [-0.25, -0.2) is 4.98 Å². The number of nitrogens with zero attached hydrogens (tertiary/aromatic N) is 4. The van der Waals surface area contributed by atoms with Crippen LogP contribution in [0.25, 0.3) is 11.1 Å². The van der Waals surface area contributed by atoms with Crippen LogP contribution in [-0.2, 0) is 11.3 Å². The van der Waals surface area contributed by atoms with Crippen LogP contribution in [-0.4, -0.2) is 15.8 Å². The van der Waals surface area contributed by atoms with Gasteiger partial charge in [-0.1, -0.05) is 84.6 Å². The average molecular weight is 521 g/mol. The summed E-state index contributed by atoms with van der Waals surface area (Å²) in [4.78, 5) is 28.8. The van der Waals surface area contributed by atoms with Crippen molar-refractivity contribution in [3.05, 3.63) is 117 Å². The van der Waals surface area contributed by atoms with E-state index in [9.17, 15) is 25.4 Å². The summed E-state index contributed by atoms with van der Waals surface area (Å²) in [5, 5.41) is 33.9. The summed E-state index contributed by atoms with van der Waals surface area (Å²) >= 11 is 0.988. The van der Waals surface area contributed by atoms with E-state index in [-0.39, 0.29) is 44.7 Å². The van der Waals surface area contributed by atoms with Crippen LogP contribution in [0.1, 0.15) is 27.5 Å². The monoisotopic (exact) mass is 520 g/mol. The molecule has 0 fully saturated rings. The molecule has 38 heavy (non-hydrogen) atoms. The lowest BCUT2D eigenvalue weighted by Gasteiger charge is -2.19. The summed E-state index contributed by atoms with van der Waals surface area (Å²) in [6, 6.07) is 28.1. The van der Waals surface area contributed by atoms with Crippen molar-refractivity contribution >= 4 is 29.2 Å². The second-order valence-electron chi connectivity index (χ2n) is 8.04. The fourth-order valence-corrected chi connectivity index (χ4v) is 5.01. The maximum Gasteiger partial charge on any atom is 0.277 e. The predicted molar refractivity (Wildman–Crippen MR) is 143 cm³/mol. The van der Waals surface area contributed by atoms with Crippen molar-refractivity contribution in [2.45, 2.75) is 16.8 Å². The maximum atomic E-state index is 13.4. The average Bonchev–Trinajstić information content (AvgIpc) is 2.95. The van der Waals surface area contributed by atoms with Gasteiger partial charge in [-0.3, -0.25) is 14.9 Å². The molecule has 1 aromatic heterocycles. The lowest BCUT2D eigenvalue weighted by Crippen LogP contribution is -2.27. The van der Waals surface area contributed by atoms with Crippen molar-refractivity contribution < 1.29 is 9.72 Å². The van der Waals surface area contributed by atoms with Crippen molar-refractivity contribution in [3.63, 3.8) is 0 Å². The maximum absolute atomic E-state index is 13.4. The lowest BCUT2D eigenvalue weighted by molar-refractivity contribution is -0.384. The second kappa shape index (κ2) is 11.7. The second-order valence-corrected chi connectivity index (χ2v) is 9.13. The number of thioether (sulfide) groups is 1. The molecule has 1 unspecified atom stereocenters. The first-order chi connectivity index (χ1) is 18.4. The third-order valence-electron chi connectivity index (χ3n) is 5.67. The van der Waals surface area contributed by atoms with Crippen molar-refractivity contribution in [1.82, 2.24) is 10.3 Å². The number of benzene rings is 3. The third-order valence-corrected chi connectivity index (χ3v) is 6.91. The molecule has 0 spiro atoms. The molecular formula is C28H20N6O3S. The minimum Gasteiger partial charge on any atom is -0.383 e. The zero-order chi connectivity index (χ0) is 27.1. The zero-order valence-electron chi connectivity index (χ0n) is 19.9. The summed E-state index contributed by atoms with van der Waals surface area (Å²) < 4.78 is 0. The van der Waals surface area contributed by atoms with Gasteiger partial charge in [-0.15, -0.1) is 0 Å². The number of carbonyl (C=O) groups is 1. The highest BCUT2D eigenvalue weighted by Gasteiger charge is 2.29. The highest BCUT2D eigenvalue weighted by Crippen LogP contribution is 2.43. The standard InChI is InChI=1S/C28H20N6O3S/c29-15-21-24(20-13-7-8-14-23(20)34(36)37)22(16-30)28(33-26(21)31)38-25(19-11-5-2-6-12-19)27(35)32-17-18-9-3-1-4-10-18/h1-14,25H,17H2,(H2,31,33)(H,32,35). The Kier molecular flexibility index (Phi) is 7.97. The summed E-state index contributed by atoms with van der Waals surface area (Å²) in [6.07, 6.45) is 0. The number of carbonyl (C=O) groups excluding carboxylic acids is 1. The Bertz CT molecular complexity index is 1580. The lowest BCUT2D eigenvalue weighted by atomic mass is 9.95. The molecule has 0 aliphatic rings. The van der Waals surface area contributed by atoms with Crippen LogP contribution < -0.4 is 11.1 Å². The normalized spacial score (nSPS) is 11.1. The Morgan fingerprint density at radius 3 is 2.21 bits per heavy atom. The Labute approximate surface area is 222 Å². The van der Waals surface area contributed by atoms with E-state index in [4.69, 9.17) is 5.73 Å². The van der Waals surface area contributed by atoms with Crippen molar-refractivity contribution in [2.24, 2.45) is 0 Å². The molecule has 4 aromatic rings. The number of nitriles is 2. The van der Waals surface area contributed by atoms with Gasteiger partial charge in [0.1, 0.15) is 33.8 Å². The van der Waals surface area contributed by atoms with E-state index in [1.54, 1.807) is 30.3 Å². The van der Waals surface area contributed by atoms with Crippen LogP contribution in [0.4, 0.5) is 11.5 Å². The number of nitrogens with one attached hydrogen (secondary N) is 1. The van der Waals surface area contributed by atoms with Crippen LogP contribution in [0, 0.1) is 32.8 Å². The molecule has 4 rings (SSSR count). The SMILES string of the molecule is N#Cc1c(N)nc(SC(C(=O)NCc2ccccc2)c2ccccc2)c(C#N)c1-c1ccccc1[N+](=O)[O-]. The summed E-state index contributed by atoms with van der Waals surface area (Å²) in [7, 11) is 0. The number of rotatable bonds is 8. The van der Waals surface area contributed by atoms with Crippen molar-refractivity contribution in [2.75, 3.05) is 5.73 Å². The number of hydrogen-bond acceptors (Lipinski definition) is 8. The smallest absolute Gasteiger partial charge is 0.277 e. The highest BCUT2D eigenvalue weighted by atomic mass is 32.2. The fraction of sp³-hybridized carbons (Fsp3) is 0.0714. The van der Waals surface area contributed by atoms with Gasteiger partial charge in [0.2, 0.25) is 5.91 Å². The third kappa shape index (κ3) is 5.46. The van der Waals surface area contributed by atoms with E-state index < -0.39 is 10.2 Å². The number of nitrogens with two attached hydrogens (primary N) is 1. The highest BCUT2D eigenvalue weighted by molar-refractivity contribution is 8.00. The molecule has 0 aliphatic carbocycles. The van der Waals surface area contributed by atoms with Gasteiger partial charge in [0, 0.05) is 18.2 Å². The first-order valence-electron chi connectivity index (χ1n) is 11.3.